The lowest BCUT2D eigenvalue weighted by Gasteiger charge is -2.07. The summed E-state index contributed by atoms with van der Waals surface area (Å²) in [5.74, 6) is 0.347. The Balaban J connectivity index is 1.71. The molecule has 28 heavy (non-hydrogen) atoms. The van der Waals surface area contributed by atoms with Crippen LogP contribution in [0.1, 0.15) is 6.42 Å². The van der Waals surface area contributed by atoms with Crippen LogP contribution in [0.2, 0.25) is 5.02 Å². The number of aromatic amines is 1. The zero-order valence-corrected chi connectivity index (χ0v) is 17.8. The molecule has 5 nitrogen and oxygen atoms in total. The van der Waals surface area contributed by atoms with Gasteiger partial charge in [0.15, 0.2) is 0 Å². The third-order valence-electron chi connectivity index (χ3n) is 3.88. The molecule has 0 atom stereocenters. The summed E-state index contributed by atoms with van der Waals surface area (Å²) in [6.45, 7) is 1.35. The van der Waals surface area contributed by atoms with E-state index in [1.54, 1.807) is 12.3 Å². The van der Waals surface area contributed by atoms with Crippen molar-refractivity contribution in [3.05, 3.63) is 57.9 Å². The molecule has 3 N–H and O–H groups in total. The maximum Gasteiger partial charge on any atom is 0.207 e. The van der Waals surface area contributed by atoms with Crippen LogP contribution >= 0.6 is 39.5 Å². The number of nitrogens with zero attached hydrogens (tertiary/aromatic N) is 1. The van der Waals surface area contributed by atoms with E-state index in [1.165, 1.54) is 18.0 Å². The van der Waals surface area contributed by atoms with Crippen LogP contribution in [0.25, 0.3) is 22.6 Å². The predicted molar refractivity (Wildman–Crippen MR) is 115 cm³/mol. The first-order chi connectivity index (χ1) is 13.6. The summed E-state index contributed by atoms with van der Waals surface area (Å²) in [4.78, 5) is 18.7. The Kier molecular flexibility index (Phi) is 7.50. The average molecular weight is 484 g/mol. The molecule has 0 aliphatic rings. The monoisotopic (exact) mass is 482 g/mol. The number of carbonyl (C=O) groups excluding carboxylic acids is 1. The Hall–Kier alpha value is -1.87. The normalized spacial score (nSPS) is 10.8. The molecule has 3 aromatic rings. The number of aromatic nitrogens is 2. The van der Waals surface area contributed by atoms with E-state index >= 15 is 0 Å². The minimum absolute atomic E-state index is 0.326. The molecule has 1 aromatic heterocycles. The van der Waals surface area contributed by atoms with Gasteiger partial charge in [-0.1, -0.05) is 17.7 Å². The van der Waals surface area contributed by atoms with Crippen molar-refractivity contribution in [2.24, 2.45) is 0 Å². The van der Waals surface area contributed by atoms with Gasteiger partial charge in [-0.05, 0) is 64.6 Å². The third-order valence-corrected chi connectivity index (χ3v) is 5.87. The van der Waals surface area contributed by atoms with Gasteiger partial charge < -0.3 is 10.3 Å². The second-order valence-corrected chi connectivity index (χ2v) is 8.04. The summed E-state index contributed by atoms with van der Waals surface area (Å²) in [7, 11) is 0. The van der Waals surface area contributed by atoms with E-state index in [2.05, 4.69) is 35.9 Å². The van der Waals surface area contributed by atoms with Gasteiger partial charge in [0, 0.05) is 29.1 Å². The van der Waals surface area contributed by atoms with Crippen molar-refractivity contribution in [2.45, 2.75) is 11.3 Å². The lowest BCUT2D eigenvalue weighted by molar-refractivity contribution is -0.109. The second kappa shape index (κ2) is 10.1. The number of hydrogen-bond donors (Lipinski definition) is 3. The van der Waals surface area contributed by atoms with Crippen LogP contribution in [0.15, 0.2) is 52.0 Å². The Bertz CT molecular complexity index is 969. The first kappa shape index (κ1) is 20.9. The summed E-state index contributed by atoms with van der Waals surface area (Å²) in [6.07, 6.45) is 3.18. The fourth-order valence-electron chi connectivity index (χ4n) is 2.46. The van der Waals surface area contributed by atoms with Gasteiger partial charge in [0.05, 0.1) is 21.4 Å². The molecule has 0 spiro atoms. The van der Waals surface area contributed by atoms with E-state index in [4.69, 9.17) is 11.6 Å². The van der Waals surface area contributed by atoms with Crippen molar-refractivity contribution in [3.8, 4) is 22.6 Å². The average Bonchev–Trinajstić information content (AvgIpc) is 3.18. The number of carbonyl (C=O) groups is 1. The van der Waals surface area contributed by atoms with Crippen molar-refractivity contribution < 1.29 is 9.18 Å². The first-order valence-corrected chi connectivity index (χ1v) is 10.4. The Morgan fingerprint density at radius 3 is 2.82 bits per heavy atom. The quantitative estimate of drug-likeness (QED) is 0.227. The van der Waals surface area contributed by atoms with Crippen molar-refractivity contribution in [2.75, 3.05) is 13.1 Å². The fourth-order valence-corrected chi connectivity index (χ4v) is 3.69. The van der Waals surface area contributed by atoms with Crippen LogP contribution in [0.5, 0.6) is 0 Å². The van der Waals surface area contributed by atoms with Gasteiger partial charge in [0.2, 0.25) is 6.41 Å². The van der Waals surface area contributed by atoms with E-state index in [0.717, 1.165) is 29.1 Å². The summed E-state index contributed by atoms with van der Waals surface area (Å²) >= 11 is 10.9. The molecule has 0 saturated heterocycles. The highest BCUT2D eigenvalue weighted by Gasteiger charge is 2.10. The summed E-state index contributed by atoms with van der Waals surface area (Å²) < 4.78 is 17.4. The van der Waals surface area contributed by atoms with Gasteiger partial charge in [-0.25, -0.2) is 9.37 Å². The maximum absolute atomic E-state index is 13.8. The van der Waals surface area contributed by atoms with Crippen LogP contribution in [0.3, 0.4) is 0 Å². The summed E-state index contributed by atoms with van der Waals surface area (Å²) in [5, 5.41) is 3.25. The molecular weight excluding hydrogens is 467 g/mol. The predicted octanol–water partition coefficient (Wildman–Crippen LogP) is 5.03. The lowest BCUT2D eigenvalue weighted by Crippen LogP contribution is -2.17. The number of H-pyrrole nitrogens is 1. The topological polar surface area (TPSA) is 69.8 Å². The summed E-state index contributed by atoms with van der Waals surface area (Å²) in [6, 6.07) is 10.6. The molecule has 0 saturated carbocycles. The summed E-state index contributed by atoms with van der Waals surface area (Å²) in [5.41, 5.74) is 2.32. The molecule has 0 radical (unpaired) electrons. The molecule has 0 fully saturated rings. The molecule has 0 aliphatic heterocycles. The molecule has 1 heterocycles. The van der Waals surface area contributed by atoms with Crippen LogP contribution in [0, 0.1) is 5.82 Å². The van der Waals surface area contributed by atoms with Crippen LogP contribution in [-0.2, 0) is 4.79 Å². The fraction of sp³-hybridized carbons (Fsp3) is 0.158. The second-order valence-electron chi connectivity index (χ2n) is 5.84. The van der Waals surface area contributed by atoms with Gasteiger partial charge >= 0.3 is 0 Å². The van der Waals surface area contributed by atoms with Crippen molar-refractivity contribution in [3.63, 3.8) is 0 Å². The molecular formula is C19H17BrClFN4OS. The van der Waals surface area contributed by atoms with E-state index in [0.29, 0.717) is 33.8 Å². The molecule has 3 rings (SSSR count). The van der Waals surface area contributed by atoms with Crippen LogP contribution in [0.4, 0.5) is 4.39 Å². The number of rotatable bonds is 9. The standard InChI is InChI=1S/C19H17BrClFN4OS/c20-14-4-2-12(8-16(14)22)17-10-24-19(26-17)13-3-5-15(21)18(9-13)28-25-7-1-6-23-11-27/h2-5,8-11,25H,1,6-7H2,(H,23,27)(H,24,26). The highest BCUT2D eigenvalue weighted by atomic mass is 79.9. The maximum atomic E-state index is 13.8. The third kappa shape index (κ3) is 5.35. The number of hydrogen-bond acceptors (Lipinski definition) is 4. The SMILES string of the molecule is O=CNCCCNSc1cc(-c2ncc(-c3ccc(Br)c(F)c3)[nH]2)ccc1Cl. The van der Waals surface area contributed by atoms with Gasteiger partial charge in [-0.15, -0.1) is 0 Å². The molecule has 1 amide bonds. The highest BCUT2D eigenvalue weighted by Crippen LogP contribution is 2.31. The number of benzene rings is 2. The van der Waals surface area contributed by atoms with Crippen molar-refractivity contribution >= 4 is 45.9 Å². The molecule has 2 aromatic carbocycles. The van der Waals surface area contributed by atoms with Gasteiger partial charge in [-0.3, -0.25) is 9.52 Å². The Morgan fingerprint density at radius 2 is 2.04 bits per heavy atom. The van der Waals surface area contributed by atoms with Gasteiger partial charge in [0.25, 0.3) is 0 Å². The molecule has 0 unspecified atom stereocenters. The number of imidazole rings is 1. The zero-order valence-electron chi connectivity index (χ0n) is 14.6. The number of nitrogens with one attached hydrogen (secondary N) is 3. The van der Waals surface area contributed by atoms with Gasteiger partial charge in [-0.2, -0.15) is 0 Å². The number of amides is 1. The van der Waals surface area contributed by atoms with E-state index < -0.39 is 0 Å². The minimum Gasteiger partial charge on any atom is -0.359 e. The van der Waals surface area contributed by atoms with Crippen LogP contribution < -0.4 is 10.0 Å². The molecule has 146 valence electrons. The zero-order chi connectivity index (χ0) is 19.9. The Morgan fingerprint density at radius 1 is 1.21 bits per heavy atom. The van der Waals surface area contributed by atoms with Crippen molar-refractivity contribution in [1.82, 2.24) is 20.0 Å². The highest BCUT2D eigenvalue weighted by molar-refractivity contribution is 9.10. The van der Waals surface area contributed by atoms with E-state index in [-0.39, 0.29) is 5.82 Å². The number of halogens is 3. The molecule has 0 bridgehead atoms. The van der Waals surface area contributed by atoms with Crippen molar-refractivity contribution in [1.29, 1.82) is 0 Å². The largest absolute Gasteiger partial charge is 0.359 e. The van der Waals surface area contributed by atoms with E-state index in [9.17, 15) is 9.18 Å². The molecule has 0 aliphatic carbocycles. The van der Waals surface area contributed by atoms with E-state index in [1.807, 2.05) is 24.3 Å². The van der Waals surface area contributed by atoms with Gasteiger partial charge in [0.1, 0.15) is 11.6 Å². The first-order valence-electron chi connectivity index (χ1n) is 8.45. The van der Waals surface area contributed by atoms with Crippen LogP contribution in [-0.4, -0.2) is 29.5 Å². The minimum atomic E-state index is -0.326. The lowest BCUT2D eigenvalue weighted by atomic mass is 10.2. The molecule has 9 heteroatoms. The Labute approximate surface area is 179 Å². The smallest absolute Gasteiger partial charge is 0.207 e.